The number of carbonyl (C=O) groups excluding carboxylic acids is 1. The summed E-state index contributed by atoms with van der Waals surface area (Å²) in [5.41, 5.74) is 1.41. The van der Waals surface area contributed by atoms with Crippen molar-refractivity contribution >= 4 is 39.3 Å². The zero-order chi connectivity index (χ0) is 16.9. The van der Waals surface area contributed by atoms with Gasteiger partial charge in [0.2, 0.25) is 0 Å². The van der Waals surface area contributed by atoms with E-state index in [0.29, 0.717) is 12.4 Å². The molecule has 2 aromatic rings. The molecule has 0 radical (unpaired) electrons. The maximum absolute atomic E-state index is 11.9. The smallest absolute Gasteiger partial charge is 0.316 e. The van der Waals surface area contributed by atoms with Crippen LogP contribution >= 0.6 is 23.1 Å². The van der Waals surface area contributed by atoms with Crippen molar-refractivity contribution in [2.24, 2.45) is 5.92 Å². The lowest BCUT2D eigenvalue weighted by atomic mass is 9.89. The monoisotopic (exact) mass is 364 g/mol. The fourth-order valence-corrected chi connectivity index (χ4v) is 5.30. The number of thioether (sulfide) groups is 1. The first-order chi connectivity index (χ1) is 11.7. The van der Waals surface area contributed by atoms with Crippen molar-refractivity contribution in [2.45, 2.75) is 57.4 Å². The van der Waals surface area contributed by atoms with Crippen molar-refractivity contribution in [3.05, 3.63) is 16.8 Å². The Morgan fingerprint density at radius 3 is 3.12 bits per heavy atom. The molecule has 0 saturated carbocycles. The van der Waals surface area contributed by atoms with Crippen LogP contribution < -0.4 is 0 Å². The van der Waals surface area contributed by atoms with E-state index in [1.165, 1.54) is 34.0 Å². The van der Waals surface area contributed by atoms with Gasteiger partial charge < -0.3 is 4.74 Å². The summed E-state index contributed by atoms with van der Waals surface area (Å²) in [6.45, 7) is 4.97. The van der Waals surface area contributed by atoms with Crippen LogP contribution in [0.4, 0.5) is 0 Å². The topological polar surface area (TPSA) is 52.1 Å². The number of hydrogen-bond acceptors (Lipinski definition) is 6. The molecule has 0 unspecified atom stereocenters. The van der Waals surface area contributed by atoms with E-state index >= 15 is 0 Å². The third kappa shape index (κ3) is 4.09. The summed E-state index contributed by atoms with van der Waals surface area (Å²) >= 11 is 3.27. The van der Waals surface area contributed by atoms with E-state index in [2.05, 4.69) is 23.8 Å². The molecule has 0 fully saturated rings. The van der Waals surface area contributed by atoms with Gasteiger partial charge in [-0.2, -0.15) is 0 Å². The van der Waals surface area contributed by atoms with Crippen molar-refractivity contribution in [1.82, 2.24) is 9.97 Å². The number of esters is 1. The van der Waals surface area contributed by atoms with E-state index in [0.717, 1.165) is 47.9 Å². The molecule has 1 atom stereocenters. The number of ether oxygens (including phenoxy) is 1. The first-order valence-corrected chi connectivity index (χ1v) is 10.5. The largest absolute Gasteiger partial charge is 0.465 e. The Balaban J connectivity index is 1.68. The number of aromatic nitrogens is 2. The highest BCUT2D eigenvalue weighted by molar-refractivity contribution is 8.00. The lowest BCUT2D eigenvalue weighted by Gasteiger charge is -2.18. The van der Waals surface area contributed by atoms with Gasteiger partial charge in [-0.3, -0.25) is 4.79 Å². The second-order valence-electron chi connectivity index (χ2n) is 6.43. The third-order valence-electron chi connectivity index (χ3n) is 4.39. The molecule has 130 valence electrons. The predicted molar refractivity (Wildman–Crippen MR) is 99.8 cm³/mol. The van der Waals surface area contributed by atoms with Gasteiger partial charge >= 0.3 is 5.97 Å². The van der Waals surface area contributed by atoms with Gasteiger partial charge in [0.25, 0.3) is 0 Å². The Morgan fingerprint density at radius 2 is 2.29 bits per heavy atom. The molecule has 0 N–H and O–H groups in total. The van der Waals surface area contributed by atoms with Gasteiger partial charge in [0, 0.05) is 10.3 Å². The molecule has 0 bridgehead atoms. The summed E-state index contributed by atoms with van der Waals surface area (Å²) in [5.74, 6) is 0.910. The second-order valence-corrected chi connectivity index (χ2v) is 8.47. The van der Waals surface area contributed by atoms with E-state index in [1.807, 2.05) is 0 Å². The van der Waals surface area contributed by atoms with Crippen LogP contribution in [0.25, 0.3) is 10.2 Å². The number of aryl methyl sites for hydroxylation is 1. The van der Waals surface area contributed by atoms with E-state index < -0.39 is 0 Å². The van der Waals surface area contributed by atoms with Crippen LogP contribution in [0.2, 0.25) is 0 Å². The van der Waals surface area contributed by atoms with Crippen molar-refractivity contribution < 1.29 is 9.53 Å². The standard InChI is InChI=1S/C18H24N2O2S2/c1-3-4-5-8-22-15(21)10-23-17-16-13-7-6-12(2)9-14(13)24-18(16)20-11-19-17/h11-12H,3-10H2,1-2H3/t12-/m0/s1. The summed E-state index contributed by atoms with van der Waals surface area (Å²) in [7, 11) is 0. The summed E-state index contributed by atoms with van der Waals surface area (Å²) in [6, 6.07) is 0. The van der Waals surface area contributed by atoms with Crippen LogP contribution in [-0.2, 0) is 22.4 Å². The SMILES string of the molecule is CCCCCOC(=O)CSc1ncnc2sc3c(c12)CC[C@H](C)C3. The molecule has 6 heteroatoms. The zero-order valence-corrected chi connectivity index (χ0v) is 16.0. The Bertz CT molecular complexity index is 714. The van der Waals surface area contributed by atoms with E-state index in [4.69, 9.17) is 4.74 Å². The second kappa shape index (κ2) is 8.30. The number of carbonyl (C=O) groups is 1. The maximum atomic E-state index is 11.9. The Kier molecular flexibility index (Phi) is 6.11. The van der Waals surface area contributed by atoms with Crippen LogP contribution in [0, 0.1) is 5.92 Å². The summed E-state index contributed by atoms with van der Waals surface area (Å²) in [4.78, 5) is 23.3. The Labute approximate surface area is 151 Å². The molecule has 0 aliphatic heterocycles. The molecule has 1 aliphatic rings. The number of hydrogen-bond donors (Lipinski definition) is 0. The average Bonchev–Trinajstić information content (AvgIpc) is 2.94. The molecular weight excluding hydrogens is 340 g/mol. The van der Waals surface area contributed by atoms with Gasteiger partial charge in [0.1, 0.15) is 16.2 Å². The zero-order valence-electron chi connectivity index (χ0n) is 14.3. The van der Waals surface area contributed by atoms with Crippen LogP contribution in [0.5, 0.6) is 0 Å². The third-order valence-corrected chi connectivity index (χ3v) is 6.52. The lowest BCUT2D eigenvalue weighted by Crippen LogP contribution is -2.10. The fraction of sp³-hybridized carbons (Fsp3) is 0.611. The number of unbranched alkanes of at least 4 members (excludes halogenated alkanes) is 2. The van der Waals surface area contributed by atoms with E-state index in [-0.39, 0.29) is 5.97 Å². The first-order valence-electron chi connectivity index (χ1n) is 8.72. The fourth-order valence-electron chi connectivity index (χ4n) is 3.06. The summed E-state index contributed by atoms with van der Waals surface area (Å²) in [6.07, 6.45) is 8.25. The van der Waals surface area contributed by atoms with E-state index in [9.17, 15) is 4.79 Å². The molecular formula is C18H24N2O2S2. The number of nitrogens with zero attached hydrogens (tertiary/aromatic N) is 2. The minimum atomic E-state index is -0.152. The Morgan fingerprint density at radius 1 is 1.42 bits per heavy atom. The molecule has 1 aliphatic carbocycles. The molecule has 2 aromatic heterocycles. The molecule has 0 amide bonds. The van der Waals surface area contributed by atoms with Crippen LogP contribution in [0.3, 0.4) is 0 Å². The van der Waals surface area contributed by atoms with E-state index in [1.54, 1.807) is 17.7 Å². The van der Waals surface area contributed by atoms with Gasteiger partial charge in [-0.25, -0.2) is 9.97 Å². The molecule has 0 saturated heterocycles. The molecule has 4 nitrogen and oxygen atoms in total. The lowest BCUT2D eigenvalue weighted by molar-refractivity contribution is -0.140. The van der Waals surface area contributed by atoms with Gasteiger partial charge in [0.15, 0.2) is 0 Å². The van der Waals surface area contributed by atoms with Crippen LogP contribution in [0.1, 0.15) is 50.0 Å². The van der Waals surface area contributed by atoms with Crippen LogP contribution in [0.15, 0.2) is 11.4 Å². The highest BCUT2D eigenvalue weighted by Gasteiger charge is 2.23. The van der Waals surface area contributed by atoms with Crippen molar-refractivity contribution in [3.63, 3.8) is 0 Å². The normalized spacial score (nSPS) is 17.0. The summed E-state index contributed by atoms with van der Waals surface area (Å²) < 4.78 is 5.29. The van der Waals surface area contributed by atoms with Gasteiger partial charge in [0.05, 0.1) is 12.4 Å². The highest BCUT2D eigenvalue weighted by Crippen LogP contribution is 2.40. The number of fused-ring (bicyclic) bond motifs is 3. The highest BCUT2D eigenvalue weighted by atomic mass is 32.2. The predicted octanol–water partition coefficient (Wildman–Crippen LogP) is 4.64. The maximum Gasteiger partial charge on any atom is 0.316 e. The Hall–Kier alpha value is -1.14. The van der Waals surface area contributed by atoms with Crippen molar-refractivity contribution in [2.75, 3.05) is 12.4 Å². The van der Waals surface area contributed by atoms with Crippen LogP contribution in [-0.4, -0.2) is 28.3 Å². The van der Waals surface area contributed by atoms with Crippen molar-refractivity contribution in [3.8, 4) is 0 Å². The number of thiophene rings is 1. The van der Waals surface area contributed by atoms with Gasteiger partial charge in [-0.1, -0.05) is 38.5 Å². The molecule has 0 aromatic carbocycles. The van der Waals surface area contributed by atoms with Gasteiger partial charge in [-0.05, 0) is 37.2 Å². The number of rotatable bonds is 7. The molecule has 0 spiro atoms. The average molecular weight is 365 g/mol. The van der Waals surface area contributed by atoms with Crippen molar-refractivity contribution in [1.29, 1.82) is 0 Å². The first kappa shape index (κ1) is 17.7. The molecule has 2 heterocycles. The minimum Gasteiger partial charge on any atom is -0.465 e. The molecule has 24 heavy (non-hydrogen) atoms. The minimum absolute atomic E-state index is 0.152. The summed E-state index contributed by atoms with van der Waals surface area (Å²) in [5, 5.41) is 2.10. The molecule has 3 rings (SSSR count). The quantitative estimate of drug-likeness (QED) is 0.310. The van der Waals surface area contributed by atoms with Gasteiger partial charge in [-0.15, -0.1) is 11.3 Å².